The number of hydrogen-bond donors (Lipinski definition) is 1. The standard InChI is InChI=1S/C18H22N4O3/c1-13-6-4-5-10-21(13)17(23)12-25-18(24)15-9-11-22(20-15)16-8-3-2-7-14(16)19/h2-3,7-9,11,13H,4-6,10,12,19H2,1H3/t13-/m1/s1. The second kappa shape index (κ2) is 7.38. The summed E-state index contributed by atoms with van der Waals surface area (Å²) in [5.41, 5.74) is 7.28. The number of ether oxygens (including phenoxy) is 1. The Morgan fingerprint density at radius 1 is 1.28 bits per heavy atom. The van der Waals surface area contributed by atoms with Crippen molar-refractivity contribution >= 4 is 17.6 Å². The molecular formula is C18H22N4O3. The molecule has 0 saturated carbocycles. The molecular weight excluding hydrogens is 320 g/mol. The molecule has 1 aromatic heterocycles. The van der Waals surface area contributed by atoms with E-state index < -0.39 is 5.97 Å². The number of anilines is 1. The third-order valence-electron chi connectivity index (χ3n) is 4.43. The van der Waals surface area contributed by atoms with Gasteiger partial charge in [-0.1, -0.05) is 12.1 Å². The largest absolute Gasteiger partial charge is 0.451 e. The average Bonchev–Trinajstić information content (AvgIpc) is 3.10. The average molecular weight is 342 g/mol. The lowest BCUT2D eigenvalue weighted by Crippen LogP contribution is -2.44. The molecule has 0 unspecified atom stereocenters. The maximum absolute atomic E-state index is 12.2. The molecule has 1 amide bonds. The molecule has 1 aromatic carbocycles. The van der Waals surface area contributed by atoms with Gasteiger partial charge in [0.05, 0.1) is 11.4 Å². The topological polar surface area (TPSA) is 90.5 Å². The lowest BCUT2D eigenvalue weighted by Gasteiger charge is -2.33. The highest BCUT2D eigenvalue weighted by molar-refractivity contribution is 5.89. The maximum Gasteiger partial charge on any atom is 0.359 e. The molecule has 1 aliphatic heterocycles. The fourth-order valence-corrected chi connectivity index (χ4v) is 3.02. The van der Waals surface area contributed by atoms with Crippen molar-refractivity contribution in [3.8, 4) is 5.69 Å². The summed E-state index contributed by atoms with van der Waals surface area (Å²) in [6, 6.07) is 8.96. The molecule has 0 bridgehead atoms. The number of carbonyl (C=O) groups excluding carboxylic acids is 2. The first-order chi connectivity index (χ1) is 12.1. The Morgan fingerprint density at radius 2 is 2.08 bits per heavy atom. The molecule has 1 atom stereocenters. The van der Waals surface area contributed by atoms with Crippen molar-refractivity contribution in [2.75, 3.05) is 18.9 Å². The van der Waals surface area contributed by atoms with E-state index in [1.165, 1.54) is 4.68 Å². The van der Waals surface area contributed by atoms with Crippen molar-refractivity contribution in [2.45, 2.75) is 32.2 Å². The zero-order chi connectivity index (χ0) is 17.8. The van der Waals surface area contributed by atoms with Crippen molar-refractivity contribution < 1.29 is 14.3 Å². The van der Waals surface area contributed by atoms with Crippen LogP contribution in [0.2, 0.25) is 0 Å². The number of amides is 1. The van der Waals surface area contributed by atoms with Crippen molar-refractivity contribution in [1.29, 1.82) is 0 Å². The van der Waals surface area contributed by atoms with Gasteiger partial charge >= 0.3 is 5.97 Å². The van der Waals surface area contributed by atoms with E-state index in [2.05, 4.69) is 5.10 Å². The number of aromatic nitrogens is 2. The van der Waals surface area contributed by atoms with Crippen LogP contribution >= 0.6 is 0 Å². The van der Waals surface area contributed by atoms with Crippen molar-refractivity contribution in [3.05, 3.63) is 42.2 Å². The molecule has 2 heterocycles. The van der Waals surface area contributed by atoms with Gasteiger partial charge in [-0.05, 0) is 44.4 Å². The highest BCUT2D eigenvalue weighted by Gasteiger charge is 2.24. The van der Waals surface area contributed by atoms with E-state index in [0.717, 1.165) is 25.8 Å². The second-order valence-electron chi connectivity index (χ2n) is 6.21. The molecule has 3 rings (SSSR count). The van der Waals surface area contributed by atoms with Crippen LogP contribution in [-0.4, -0.2) is 45.8 Å². The quantitative estimate of drug-likeness (QED) is 0.678. The number of benzene rings is 1. The number of nitrogen functional groups attached to an aromatic ring is 1. The Labute approximate surface area is 146 Å². The summed E-state index contributed by atoms with van der Waals surface area (Å²) in [7, 11) is 0. The first-order valence-corrected chi connectivity index (χ1v) is 8.43. The minimum absolute atomic E-state index is 0.141. The normalized spacial score (nSPS) is 17.3. The van der Waals surface area contributed by atoms with E-state index in [1.807, 2.05) is 19.1 Å². The molecule has 2 aromatic rings. The monoisotopic (exact) mass is 342 g/mol. The fraction of sp³-hybridized carbons (Fsp3) is 0.389. The number of nitrogens with two attached hydrogens (primary N) is 1. The number of esters is 1. The summed E-state index contributed by atoms with van der Waals surface area (Å²) in [5, 5.41) is 4.18. The first kappa shape index (κ1) is 17.0. The number of hydrogen-bond acceptors (Lipinski definition) is 5. The number of carbonyl (C=O) groups is 2. The van der Waals surface area contributed by atoms with Crippen LogP contribution in [0.5, 0.6) is 0 Å². The number of likely N-dealkylation sites (tertiary alicyclic amines) is 1. The van der Waals surface area contributed by atoms with Crippen LogP contribution in [0.1, 0.15) is 36.7 Å². The Balaban J connectivity index is 1.61. The van der Waals surface area contributed by atoms with E-state index in [4.69, 9.17) is 10.5 Å². The number of rotatable bonds is 4. The van der Waals surface area contributed by atoms with E-state index in [9.17, 15) is 9.59 Å². The predicted molar refractivity (Wildman–Crippen MR) is 93.3 cm³/mol. The van der Waals surface area contributed by atoms with E-state index in [1.54, 1.807) is 29.3 Å². The molecule has 7 nitrogen and oxygen atoms in total. The van der Waals surface area contributed by atoms with Crippen molar-refractivity contribution in [1.82, 2.24) is 14.7 Å². The molecule has 7 heteroatoms. The second-order valence-corrected chi connectivity index (χ2v) is 6.21. The molecule has 0 spiro atoms. The minimum Gasteiger partial charge on any atom is -0.451 e. The van der Waals surface area contributed by atoms with E-state index >= 15 is 0 Å². The fourth-order valence-electron chi connectivity index (χ4n) is 3.02. The first-order valence-electron chi connectivity index (χ1n) is 8.43. The summed E-state index contributed by atoms with van der Waals surface area (Å²) < 4.78 is 6.65. The van der Waals surface area contributed by atoms with Gasteiger partial charge in [0.2, 0.25) is 0 Å². The van der Waals surface area contributed by atoms with Crippen LogP contribution in [0.25, 0.3) is 5.69 Å². The summed E-state index contributed by atoms with van der Waals surface area (Å²) in [6.45, 7) is 2.48. The third kappa shape index (κ3) is 3.81. The van der Waals surface area contributed by atoms with Crippen LogP contribution in [0.15, 0.2) is 36.5 Å². The lowest BCUT2D eigenvalue weighted by molar-refractivity contribution is -0.137. The Kier molecular flexibility index (Phi) is 5.02. The highest BCUT2D eigenvalue weighted by atomic mass is 16.5. The van der Waals surface area contributed by atoms with Gasteiger partial charge in [-0.2, -0.15) is 5.10 Å². The van der Waals surface area contributed by atoms with Gasteiger partial charge < -0.3 is 15.4 Å². The zero-order valence-corrected chi connectivity index (χ0v) is 14.2. The van der Waals surface area contributed by atoms with Crippen LogP contribution in [0.3, 0.4) is 0 Å². The SMILES string of the molecule is C[C@@H]1CCCCN1C(=O)COC(=O)c1ccn(-c2ccccc2N)n1. The van der Waals surface area contributed by atoms with Crippen molar-refractivity contribution in [3.63, 3.8) is 0 Å². The highest BCUT2D eigenvalue weighted by Crippen LogP contribution is 2.17. The number of para-hydroxylation sites is 2. The van der Waals surface area contributed by atoms with Gasteiger partial charge in [0.1, 0.15) is 0 Å². The van der Waals surface area contributed by atoms with Gasteiger partial charge in [0, 0.05) is 18.8 Å². The molecule has 1 saturated heterocycles. The molecule has 25 heavy (non-hydrogen) atoms. The summed E-state index contributed by atoms with van der Waals surface area (Å²) in [5.74, 6) is -0.779. The Bertz CT molecular complexity index is 771. The zero-order valence-electron chi connectivity index (χ0n) is 14.2. The minimum atomic E-state index is -0.619. The summed E-state index contributed by atoms with van der Waals surface area (Å²) in [4.78, 5) is 26.1. The lowest BCUT2D eigenvalue weighted by atomic mass is 10.0. The van der Waals surface area contributed by atoms with Gasteiger partial charge in [0.25, 0.3) is 5.91 Å². The number of nitrogens with zero attached hydrogens (tertiary/aromatic N) is 3. The van der Waals surface area contributed by atoms with Crippen LogP contribution < -0.4 is 5.73 Å². The summed E-state index contributed by atoms with van der Waals surface area (Å²) >= 11 is 0. The summed E-state index contributed by atoms with van der Waals surface area (Å²) in [6.07, 6.45) is 4.75. The van der Waals surface area contributed by atoms with Gasteiger partial charge in [-0.15, -0.1) is 0 Å². The molecule has 1 fully saturated rings. The van der Waals surface area contributed by atoms with Crippen LogP contribution in [0, 0.1) is 0 Å². The molecule has 0 aliphatic carbocycles. The van der Waals surface area contributed by atoms with Crippen molar-refractivity contribution in [2.24, 2.45) is 0 Å². The Hall–Kier alpha value is -2.83. The molecule has 0 radical (unpaired) electrons. The van der Waals surface area contributed by atoms with Gasteiger partial charge in [0.15, 0.2) is 12.3 Å². The third-order valence-corrected chi connectivity index (χ3v) is 4.43. The van der Waals surface area contributed by atoms with Crippen LogP contribution in [0.4, 0.5) is 5.69 Å². The molecule has 1 aliphatic rings. The molecule has 132 valence electrons. The smallest absolute Gasteiger partial charge is 0.359 e. The van der Waals surface area contributed by atoms with Crippen LogP contribution in [-0.2, 0) is 9.53 Å². The Morgan fingerprint density at radius 3 is 2.84 bits per heavy atom. The van der Waals surface area contributed by atoms with Gasteiger partial charge in [-0.25, -0.2) is 9.48 Å². The van der Waals surface area contributed by atoms with E-state index in [0.29, 0.717) is 11.4 Å². The maximum atomic E-state index is 12.2. The predicted octanol–water partition coefficient (Wildman–Crippen LogP) is 2.01. The number of piperidine rings is 1. The van der Waals surface area contributed by atoms with Gasteiger partial charge in [-0.3, -0.25) is 4.79 Å². The van der Waals surface area contributed by atoms with E-state index in [-0.39, 0.29) is 24.2 Å². The molecule has 2 N–H and O–H groups in total.